The molecule has 17 heavy (non-hydrogen) atoms. The van der Waals surface area contributed by atoms with Gasteiger partial charge in [0.1, 0.15) is 0 Å². The third kappa shape index (κ3) is 4.10. The van der Waals surface area contributed by atoms with Crippen LogP contribution in [0.2, 0.25) is 10.0 Å². The van der Waals surface area contributed by atoms with Gasteiger partial charge in [0.25, 0.3) is 0 Å². The highest BCUT2D eigenvalue weighted by Crippen LogP contribution is 2.32. The zero-order valence-corrected chi connectivity index (χ0v) is 11.7. The number of hydrogen-bond donors (Lipinski definition) is 2. The van der Waals surface area contributed by atoms with E-state index in [1.54, 1.807) is 6.07 Å². The van der Waals surface area contributed by atoms with E-state index in [-0.39, 0.29) is 0 Å². The Balaban J connectivity index is 2.88. The monoisotopic (exact) mass is 273 g/mol. The van der Waals surface area contributed by atoms with Gasteiger partial charge in [-0.1, -0.05) is 43.1 Å². The third-order valence-electron chi connectivity index (χ3n) is 2.16. The van der Waals surface area contributed by atoms with Gasteiger partial charge < -0.3 is 11.1 Å². The van der Waals surface area contributed by atoms with Crippen molar-refractivity contribution in [2.75, 3.05) is 11.9 Å². The number of benzene rings is 1. The number of halogens is 2. The lowest BCUT2D eigenvalue weighted by Gasteiger charge is -2.11. The molecule has 3 N–H and O–H groups in total. The smallest absolute Gasteiger partial charge is 0.193 e. The highest BCUT2D eigenvalue weighted by Gasteiger charge is 2.09. The summed E-state index contributed by atoms with van der Waals surface area (Å²) in [5.74, 6) is 0.784. The van der Waals surface area contributed by atoms with Crippen molar-refractivity contribution >= 4 is 34.8 Å². The van der Waals surface area contributed by atoms with Gasteiger partial charge in [-0.3, -0.25) is 4.99 Å². The summed E-state index contributed by atoms with van der Waals surface area (Å²) in [6, 6.07) is 3.64. The number of guanidine groups is 1. The molecule has 0 aromatic heterocycles. The molecule has 0 radical (unpaired) electrons. The number of anilines is 1. The number of aliphatic imine (C=N–C) groups is 1. The average molecular weight is 274 g/mol. The predicted octanol–water partition coefficient (Wildman–Crippen LogP) is 3.68. The molecule has 0 heterocycles. The van der Waals surface area contributed by atoms with Crippen molar-refractivity contribution in [1.29, 1.82) is 0 Å². The maximum atomic E-state index is 6.15. The lowest BCUT2D eigenvalue weighted by atomic mass is 10.2. The molecule has 1 rings (SSSR count). The Labute approximate surface area is 112 Å². The molecule has 0 amide bonds. The first-order valence-corrected chi connectivity index (χ1v) is 6.19. The van der Waals surface area contributed by atoms with E-state index in [4.69, 9.17) is 28.9 Å². The van der Waals surface area contributed by atoms with Crippen LogP contribution in [0.25, 0.3) is 0 Å². The van der Waals surface area contributed by atoms with Crippen LogP contribution >= 0.6 is 23.2 Å². The molecule has 0 fully saturated rings. The van der Waals surface area contributed by atoms with Gasteiger partial charge in [-0.2, -0.15) is 0 Å². The van der Waals surface area contributed by atoms with Gasteiger partial charge in [-0.25, -0.2) is 0 Å². The largest absolute Gasteiger partial charge is 0.370 e. The second-order valence-corrected chi connectivity index (χ2v) is 5.08. The molecule has 94 valence electrons. The maximum absolute atomic E-state index is 6.15. The SMILES string of the molecule is Cc1ccc(Cl)c(NC(N)=NCC(C)C)c1Cl. The fourth-order valence-electron chi connectivity index (χ4n) is 1.22. The van der Waals surface area contributed by atoms with E-state index in [1.807, 2.05) is 13.0 Å². The fraction of sp³-hybridized carbons (Fsp3) is 0.417. The second-order valence-electron chi connectivity index (χ2n) is 4.30. The van der Waals surface area contributed by atoms with E-state index in [0.717, 1.165) is 5.56 Å². The summed E-state index contributed by atoms with van der Waals surface area (Å²) < 4.78 is 0. The number of nitrogens with two attached hydrogens (primary N) is 1. The molecule has 3 nitrogen and oxygen atoms in total. The molecule has 0 aliphatic heterocycles. The Hall–Kier alpha value is -0.930. The Morgan fingerprint density at radius 2 is 2.06 bits per heavy atom. The summed E-state index contributed by atoms with van der Waals surface area (Å²) in [6.07, 6.45) is 0. The average Bonchev–Trinajstić information content (AvgIpc) is 2.27. The van der Waals surface area contributed by atoms with Gasteiger partial charge in [0, 0.05) is 6.54 Å². The summed E-state index contributed by atoms with van der Waals surface area (Å²) in [5.41, 5.74) is 7.31. The molecule has 5 heteroatoms. The van der Waals surface area contributed by atoms with Gasteiger partial charge in [0.15, 0.2) is 5.96 Å². The minimum atomic E-state index is 0.327. The Morgan fingerprint density at radius 1 is 1.41 bits per heavy atom. The van der Waals surface area contributed by atoms with E-state index < -0.39 is 0 Å². The van der Waals surface area contributed by atoms with Crippen LogP contribution in [-0.4, -0.2) is 12.5 Å². The van der Waals surface area contributed by atoms with Crippen LogP contribution < -0.4 is 11.1 Å². The van der Waals surface area contributed by atoms with Crippen LogP contribution in [0.3, 0.4) is 0 Å². The van der Waals surface area contributed by atoms with Crippen molar-refractivity contribution in [3.8, 4) is 0 Å². The van der Waals surface area contributed by atoms with E-state index in [2.05, 4.69) is 24.2 Å². The molecule has 0 atom stereocenters. The van der Waals surface area contributed by atoms with E-state index in [9.17, 15) is 0 Å². The van der Waals surface area contributed by atoms with Crippen molar-refractivity contribution in [2.45, 2.75) is 20.8 Å². The van der Waals surface area contributed by atoms with Crippen LogP contribution in [0.15, 0.2) is 17.1 Å². The molecule has 0 bridgehead atoms. The van der Waals surface area contributed by atoms with Crippen molar-refractivity contribution in [3.05, 3.63) is 27.7 Å². The summed E-state index contributed by atoms with van der Waals surface area (Å²) in [6.45, 7) is 6.72. The maximum Gasteiger partial charge on any atom is 0.193 e. The number of aryl methyl sites for hydroxylation is 1. The first-order chi connectivity index (χ1) is 7.91. The highest BCUT2D eigenvalue weighted by molar-refractivity contribution is 6.40. The summed E-state index contributed by atoms with van der Waals surface area (Å²) in [4.78, 5) is 4.20. The number of hydrogen-bond acceptors (Lipinski definition) is 1. The first-order valence-electron chi connectivity index (χ1n) is 5.43. The Bertz CT molecular complexity index is 428. The molecule has 1 aromatic carbocycles. The second kappa shape index (κ2) is 6.12. The molecule has 0 spiro atoms. The van der Waals surface area contributed by atoms with Gasteiger partial charge in [0.05, 0.1) is 15.7 Å². The fourth-order valence-corrected chi connectivity index (χ4v) is 1.68. The topological polar surface area (TPSA) is 50.4 Å². The van der Waals surface area contributed by atoms with Crippen LogP contribution in [0, 0.1) is 12.8 Å². The Morgan fingerprint density at radius 3 is 2.65 bits per heavy atom. The summed E-state index contributed by atoms with van der Waals surface area (Å²) in [5, 5.41) is 4.04. The third-order valence-corrected chi connectivity index (χ3v) is 2.97. The van der Waals surface area contributed by atoms with Crippen molar-refractivity contribution in [1.82, 2.24) is 0 Å². The lowest BCUT2D eigenvalue weighted by molar-refractivity contribution is 0.665. The van der Waals surface area contributed by atoms with Gasteiger partial charge in [-0.05, 0) is 24.5 Å². The van der Waals surface area contributed by atoms with E-state index in [0.29, 0.717) is 34.2 Å². The van der Waals surface area contributed by atoms with E-state index >= 15 is 0 Å². The van der Waals surface area contributed by atoms with E-state index in [1.165, 1.54) is 0 Å². The van der Waals surface area contributed by atoms with Gasteiger partial charge in [-0.15, -0.1) is 0 Å². The molecule has 0 aliphatic rings. The summed E-state index contributed by atoms with van der Waals surface area (Å²) in [7, 11) is 0. The zero-order chi connectivity index (χ0) is 13.0. The van der Waals surface area contributed by atoms with Crippen molar-refractivity contribution < 1.29 is 0 Å². The molecular formula is C12H17Cl2N3. The highest BCUT2D eigenvalue weighted by atomic mass is 35.5. The normalized spacial score (nSPS) is 12.0. The number of nitrogens with one attached hydrogen (secondary N) is 1. The Kier molecular flexibility index (Phi) is 5.09. The lowest BCUT2D eigenvalue weighted by Crippen LogP contribution is -2.24. The zero-order valence-electron chi connectivity index (χ0n) is 10.2. The molecule has 0 saturated carbocycles. The standard InChI is InChI=1S/C12H17Cl2N3/c1-7(2)6-16-12(15)17-11-9(13)5-4-8(3)10(11)14/h4-5,7H,6H2,1-3H3,(H3,15,16,17). The predicted molar refractivity (Wildman–Crippen MR) is 76.1 cm³/mol. The number of rotatable bonds is 3. The quantitative estimate of drug-likeness (QED) is 0.652. The van der Waals surface area contributed by atoms with Crippen LogP contribution in [0.5, 0.6) is 0 Å². The number of nitrogens with zero attached hydrogens (tertiary/aromatic N) is 1. The minimum Gasteiger partial charge on any atom is -0.370 e. The molecule has 0 unspecified atom stereocenters. The molecule has 0 aliphatic carbocycles. The van der Waals surface area contributed by atoms with Crippen molar-refractivity contribution in [2.24, 2.45) is 16.6 Å². The van der Waals surface area contributed by atoms with Gasteiger partial charge >= 0.3 is 0 Å². The van der Waals surface area contributed by atoms with Crippen LogP contribution in [0.1, 0.15) is 19.4 Å². The first kappa shape index (κ1) is 14.1. The van der Waals surface area contributed by atoms with Crippen LogP contribution in [-0.2, 0) is 0 Å². The molecule has 1 aromatic rings. The molecule has 0 saturated heterocycles. The van der Waals surface area contributed by atoms with Gasteiger partial charge in [0.2, 0.25) is 0 Å². The van der Waals surface area contributed by atoms with Crippen molar-refractivity contribution in [3.63, 3.8) is 0 Å². The minimum absolute atomic E-state index is 0.327. The van der Waals surface area contributed by atoms with Crippen LogP contribution in [0.4, 0.5) is 5.69 Å². The molecular weight excluding hydrogens is 257 g/mol. The summed E-state index contributed by atoms with van der Waals surface area (Å²) >= 11 is 12.2.